The Morgan fingerprint density at radius 2 is 2.17 bits per heavy atom. The number of carboxylic acid groups (broad SMARTS) is 1. The van der Waals surface area contributed by atoms with Crippen molar-refractivity contribution in [3.63, 3.8) is 0 Å². The van der Waals surface area contributed by atoms with Crippen LogP contribution in [0.5, 0.6) is 0 Å². The molecule has 0 radical (unpaired) electrons. The van der Waals surface area contributed by atoms with Gasteiger partial charge in [-0.05, 0) is 24.1 Å². The van der Waals surface area contributed by atoms with Crippen molar-refractivity contribution < 1.29 is 9.90 Å². The third-order valence-electron chi connectivity index (χ3n) is 1.36. The number of aliphatic carboxylic acids is 1. The summed E-state index contributed by atoms with van der Waals surface area (Å²) in [6, 6.07) is 3.71. The maximum Gasteiger partial charge on any atom is 0.327 e. The number of carbonyl (C=O) groups is 1. The molecule has 0 aliphatic carbocycles. The molecular formula is C9H9NO2. The second kappa shape index (κ2) is 4.28. The van der Waals surface area contributed by atoms with E-state index in [1.54, 1.807) is 18.5 Å². The first-order valence-corrected chi connectivity index (χ1v) is 3.57. The van der Waals surface area contributed by atoms with Gasteiger partial charge in [0.25, 0.3) is 0 Å². The lowest BCUT2D eigenvalue weighted by molar-refractivity contribution is -0.131. The highest BCUT2D eigenvalue weighted by Gasteiger charge is 1.88. The molecule has 1 rings (SSSR count). The second-order valence-electron chi connectivity index (χ2n) is 2.30. The highest BCUT2D eigenvalue weighted by molar-refractivity contribution is 5.79. The number of nitrogens with zero attached hydrogens (tertiary/aromatic N) is 1. The fraction of sp³-hybridized carbons (Fsp3) is 0.111. The van der Waals surface area contributed by atoms with Crippen LogP contribution in [0, 0.1) is 0 Å². The summed E-state index contributed by atoms with van der Waals surface area (Å²) in [4.78, 5) is 13.9. The van der Waals surface area contributed by atoms with E-state index in [4.69, 9.17) is 5.11 Å². The van der Waals surface area contributed by atoms with Crippen LogP contribution in [0.4, 0.5) is 0 Å². The molecule has 0 saturated carbocycles. The number of allylic oxidation sites excluding steroid dienone is 1. The van der Waals surface area contributed by atoms with E-state index >= 15 is 0 Å². The van der Waals surface area contributed by atoms with Gasteiger partial charge in [0.15, 0.2) is 0 Å². The zero-order valence-corrected chi connectivity index (χ0v) is 6.47. The van der Waals surface area contributed by atoms with Crippen LogP contribution in [-0.2, 0) is 11.2 Å². The molecule has 1 N–H and O–H groups in total. The zero-order chi connectivity index (χ0) is 8.81. The molecule has 0 amide bonds. The van der Waals surface area contributed by atoms with E-state index in [-0.39, 0.29) is 0 Å². The second-order valence-corrected chi connectivity index (χ2v) is 2.30. The van der Waals surface area contributed by atoms with Crippen LogP contribution in [0.1, 0.15) is 5.56 Å². The van der Waals surface area contributed by atoms with Crippen molar-refractivity contribution in [2.75, 3.05) is 0 Å². The van der Waals surface area contributed by atoms with Crippen LogP contribution in [-0.4, -0.2) is 16.1 Å². The van der Waals surface area contributed by atoms with Crippen LogP contribution in [0.3, 0.4) is 0 Å². The number of hydrogen-bond donors (Lipinski definition) is 1. The van der Waals surface area contributed by atoms with Gasteiger partial charge in [0.1, 0.15) is 0 Å². The largest absolute Gasteiger partial charge is 0.478 e. The summed E-state index contributed by atoms with van der Waals surface area (Å²) in [5.41, 5.74) is 1.06. The zero-order valence-electron chi connectivity index (χ0n) is 6.47. The predicted octanol–water partition coefficient (Wildman–Crippen LogP) is 1.26. The molecule has 1 aromatic rings. The van der Waals surface area contributed by atoms with Gasteiger partial charge in [-0.2, -0.15) is 0 Å². The van der Waals surface area contributed by atoms with E-state index in [0.717, 1.165) is 11.6 Å². The standard InChI is InChI=1S/C9H9NO2/c11-9(12)3-1-2-8-4-6-10-7-5-8/h1,3-7H,2H2,(H,11,12). The normalized spacial score (nSPS) is 10.3. The Balaban J connectivity index is 2.49. The minimum atomic E-state index is -0.913. The van der Waals surface area contributed by atoms with Crippen molar-refractivity contribution >= 4 is 5.97 Å². The SMILES string of the molecule is O=C(O)C=CCc1ccncc1. The van der Waals surface area contributed by atoms with Gasteiger partial charge in [-0.25, -0.2) is 4.79 Å². The molecule has 0 atom stereocenters. The average Bonchev–Trinajstić information content (AvgIpc) is 2.05. The Kier molecular flexibility index (Phi) is 3.02. The molecule has 12 heavy (non-hydrogen) atoms. The Labute approximate surface area is 70.4 Å². The Morgan fingerprint density at radius 1 is 1.50 bits per heavy atom. The number of carboxylic acids is 1. The predicted molar refractivity (Wildman–Crippen MR) is 44.7 cm³/mol. The molecule has 1 aromatic heterocycles. The number of aromatic nitrogens is 1. The molecule has 62 valence electrons. The topological polar surface area (TPSA) is 50.2 Å². The molecule has 0 aliphatic heterocycles. The summed E-state index contributed by atoms with van der Waals surface area (Å²) >= 11 is 0. The summed E-state index contributed by atoms with van der Waals surface area (Å²) in [6.07, 6.45) is 6.75. The summed E-state index contributed by atoms with van der Waals surface area (Å²) in [5.74, 6) is -0.913. The molecule has 0 bridgehead atoms. The highest BCUT2D eigenvalue weighted by atomic mass is 16.4. The maximum atomic E-state index is 10.1. The first-order valence-electron chi connectivity index (χ1n) is 3.57. The molecule has 3 nitrogen and oxygen atoms in total. The van der Waals surface area contributed by atoms with Crippen molar-refractivity contribution in [2.45, 2.75) is 6.42 Å². The number of hydrogen-bond acceptors (Lipinski definition) is 2. The van der Waals surface area contributed by atoms with Crippen molar-refractivity contribution in [2.24, 2.45) is 0 Å². The van der Waals surface area contributed by atoms with E-state index in [1.165, 1.54) is 0 Å². The van der Waals surface area contributed by atoms with Gasteiger partial charge in [0.2, 0.25) is 0 Å². The average molecular weight is 163 g/mol. The summed E-state index contributed by atoms with van der Waals surface area (Å²) in [5, 5.41) is 8.29. The first kappa shape index (κ1) is 8.46. The lowest BCUT2D eigenvalue weighted by Crippen LogP contribution is -1.87. The lowest BCUT2D eigenvalue weighted by Gasteiger charge is -1.91. The van der Waals surface area contributed by atoms with E-state index in [0.29, 0.717) is 6.42 Å². The number of pyridine rings is 1. The van der Waals surface area contributed by atoms with E-state index < -0.39 is 5.97 Å². The fourth-order valence-electron chi connectivity index (χ4n) is 0.815. The molecule has 0 aromatic carbocycles. The summed E-state index contributed by atoms with van der Waals surface area (Å²) in [7, 11) is 0. The van der Waals surface area contributed by atoms with Crippen LogP contribution in [0.2, 0.25) is 0 Å². The van der Waals surface area contributed by atoms with Crippen LogP contribution >= 0.6 is 0 Å². The van der Waals surface area contributed by atoms with E-state index in [2.05, 4.69) is 4.98 Å². The Morgan fingerprint density at radius 3 is 2.75 bits per heavy atom. The van der Waals surface area contributed by atoms with Crippen LogP contribution in [0.15, 0.2) is 36.7 Å². The maximum absolute atomic E-state index is 10.1. The smallest absolute Gasteiger partial charge is 0.327 e. The Hall–Kier alpha value is -1.64. The van der Waals surface area contributed by atoms with Crippen LogP contribution in [0.25, 0.3) is 0 Å². The molecule has 0 unspecified atom stereocenters. The molecule has 0 saturated heterocycles. The first-order chi connectivity index (χ1) is 5.79. The van der Waals surface area contributed by atoms with Crippen molar-refractivity contribution in [3.05, 3.63) is 42.2 Å². The quantitative estimate of drug-likeness (QED) is 0.682. The van der Waals surface area contributed by atoms with Gasteiger partial charge in [-0.1, -0.05) is 6.08 Å². The summed E-state index contributed by atoms with van der Waals surface area (Å²) in [6.45, 7) is 0. The van der Waals surface area contributed by atoms with Crippen LogP contribution < -0.4 is 0 Å². The monoisotopic (exact) mass is 163 g/mol. The van der Waals surface area contributed by atoms with Gasteiger partial charge < -0.3 is 5.11 Å². The van der Waals surface area contributed by atoms with Gasteiger partial charge in [0, 0.05) is 18.5 Å². The molecule has 0 aliphatic rings. The minimum absolute atomic E-state index is 0.634. The molecule has 0 spiro atoms. The van der Waals surface area contributed by atoms with Crippen molar-refractivity contribution in [1.82, 2.24) is 4.98 Å². The summed E-state index contributed by atoms with van der Waals surface area (Å²) < 4.78 is 0. The highest BCUT2D eigenvalue weighted by Crippen LogP contribution is 1.97. The number of rotatable bonds is 3. The molecule has 1 heterocycles. The van der Waals surface area contributed by atoms with E-state index in [1.807, 2.05) is 12.1 Å². The third kappa shape index (κ3) is 2.96. The minimum Gasteiger partial charge on any atom is -0.478 e. The molecule has 0 fully saturated rings. The van der Waals surface area contributed by atoms with Gasteiger partial charge >= 0.3 is 5.97 Å². The van der Waals surface area contributed by atoms with Gasteiger partial charge in [-0.15, -0.1) is 0 Å². The van der Waals surface area contributed by atoms with Gasteiger partial charge in [-0.3, -0.25) is 4.98 Å². The van der Waals surface area contributed by atoms with Crippen molar-refractivity contribution in [3.8, 4) is 0 Å². The third-order valence-corrected chi connectivity index (χ3v) is 1.36. The van der Waals surface area contributed by atoms with E-state index in [9.17, 15) is 4.79 Å². The van der Waals surface area contributed by atoms with Gasteiger partial charge in [0.05, 0.1) is 0 Å². The lowest BCUT2D eigenvalue weighted by atomic mass is 10.2. The Bertz CT molecular complexity index is 280. The molecular weight excluding hydrogens is 154 g/mol. The molecule has 3 heteroatoms. The fourth-order valence-corrected chi connectivity index (χ4v) is 0.815. The van der Waals surface area contributed by atoms with Crippen molar-refractivity contribution in [1.29, 1.82) is 0 Å².